The van der Waals surface area contributed by atoms with Crippen LogP contribution in [0.2, 0.25) is 5.15 Å². The van der Waals surface area contributed by atoms with E-state index in [1.165, 1.54) is 4.72 Å². The molecule has 0 aliphatic heterocycles. The zero-order valence-electron chi connectivity index (χ0n) is 14.1. The molecule has 2 N–H and O–H groups in total. The molecule has 2 aromatic rings. The number of hydrogen-bond acceptors (Lipinski definition) is 4. The third-order valence-electron chi connectivity index (χ3n) is 3.44. The number of alkyl halides is 3. The van der Waals surface area contributed by atoms with Crippen molar-refractivity contribution in [3.63, 3.8) is 0 Å². The molecule has 14 heteroatoms. The van der Waals surface area contributed by atoms with E-state index in [1.807, 2.05) is 0 Å². The van der Waals surface area contributed by atoms with Gasteiger partial charge in [-0.3, -0.25) is 4.79 Å². The first-order chi connectivity index (χ1) is 12.7. The second-order valence-electron chi connectivity index (χ2n) is 5.61. The number of anilines is 1. The van der Waals surface area contributed by atoms with Crippen LogP contribution in [-0.4, -0.2) is 36.1 Å². The Morgan fingerprint density at radius 3 is 2.43 bits per heavy atom. The molecule has 0 radical (unpaired) electrons. The first-order valence-electron chi connectivity index (χ1n) is 7.30. The van der Waals surface area contributed by atoms with Crippen molar-refractivity contribution in [1.29, 1.82) is 0 Å². The molecule has 28 heavy (non-hydrogen) atoms. The number of carbonyl (C=O) groups is 1. The third kappa shape index (κ3) is 4.77. The number of pyridine rings is 1. The summed E-state index contributed by atoms with van der Waals surface area (Å²) in [6, 6.07) is -0.668. The maximum atomic E-state index is 14.6. The van der Waals surface area contributed by atoms with E-state index < -0.39 is 50.5 Å². The molecule has 0 fully saturated rings. The highest BCUT2D eigenvalue weighted by Crippen LogP contribution is 2.25. The largest absolute Gasteiger partial charge is 0.404 e. The van der Waals surface area contributed by atoms with E-state index in [2.05, 4.69) is 10.3 Å². The highest BCUT2D eigenvalue weighted by molar-refractivity contribution is 7.89. The summed E-state index contributed by atoms with van der Waals surface area (Å²) in [5, 5.41) is 1.78. The lowest BCUT2D eigenvalue weighted by Crippen LogP contribution is -2.43. The Kier molecular flexibility index (Phi) is 6.01. The molecule has 154 valence electrons. The number of rotatable bonds is 5. The highest BCUT2D eigenvalue weighted by Gasteiger charge is 2.40. The maximum Gasteiger partial charge on any atom is 0.404 e. The molecule has 7 nitrogen and oxygen atoms in total. The molecule has 0 bridgehead atoms. The van der Waals surface area contributed by atoms with Crippen molar-refractivity contribution in [2.45, 2.75) is 24.0 Å². The van der Waals surface area contributed by atoms with E-state index >= 15 is 0 Å². The Hall–Kier alpha value is -2.25. The van der Waals surface area contributed by atoms with Gasteiger partial charge in [-0.25, -0.2) is 17.8 Å². The topological polar surface area (TPSA) is 93.1 Å². The molecule has 0 aliphatic rings. The number of hydrogen-bond donors (Lipinski definition) is 2. The second-order valence-corrected chi connectivity index (χ2v) is 7.68. The predicted octanol–water partition coefficient (Wildman–Crippen LogP) is 2.83. The molecule has 2 heterocycles. The van der Waals surface area contributed by atoms with Crippen molar-refractivity contribution < 1.29 is 35.2 Å². The number of halogens is 6. The lowest BCUT2D eigenvalue weighted by atomic mass is 10.3. The van der Waals surface area contributed by atoms with E-state index in [9.17, 15) is 35.2 Å². The molecule has 1 unspecified atom stereocenters. The zero-order chi connectivity index (χ0) is 21.4. The molecule has 1 amide bonds. The van der Waals surface area contributed by atoms with Gasteiger partial charge in [-0.1, -0.05) is 11.6 Å². The van der Waals surface area contributed by atoms with E-state index in [0.29, 0.717) is 13.1 Å². The van der Waals surface area contributed by atoms with Gasteiger partial charge in [-0.15, -0.1) is 0 Å². The fourth-order valence-electron chi connectivity index (χ4n) is 2.11. The number of aromatic nitrogens is 2. The number of carbonyl (C=O) groups excluding carboxylic acids is 1. The lowest BCUT2D eigenvalue weighted by molar-refractivity contribution is -0.147. The van der Waals surface area contributed by atoms with Crippen LogP contribution < -0.4 is 10.0 Å². The zero-order valence-corrected chi connectivity index (χ0v) is 15.7. The fraction of sp³-hybridized carbons (Fsp3) is 0.286. The minimum atomic E-state index is -4.93. The van der Waals surface area contributed by atoms with E-state index in [1.54, 1.807) is 0 Å². The molecule has 2 rings (SSSR count). The van der Waals surface area contributed by atoms with Gasteiger partial charge in [0.15, 0.2) is 5.82 Å². The quantitative estimate of drug-likeness (QED) is 0.545. The van der Waals surface area contributed by atoms with Crippen molar-refractivity contribution in [1.82, 2.24) is 14.3 Å². The number of nitrogens with zero attached hydrogens (tertiary/aromatic N) is 2. The standard InChI is InChI=1S/C14H12ClF5N4O3S/c1-6(14(18,19)20)23-28(26,27)8-5-24(2)12(11(8)17)13(25)21-7-3-9(15)22-10(16)4-7/h3-6,23H,1-2H3,(H,21,22,25). The van der Waals surface area contributed by atoms with Crippen molar-refractivity contribution in [2.24, 2.45) is 7.05 Å². The third-order valence-corrected chi connectivity index (χ3v) is 5.16. The number of aryl methyl sites for hydroxylation is 1. The summed E-state index contributed by atoms with van der Waals surface area (Å²) >= 11 is 5.53. The minimum Gasteiger partial charge on any atom is -0.343 e. The molecule has 0 saturated heterocycles. The van der Waals surface area contributed by atoms with Gasteiger partial charge in [0, 0.05) is 25.0 Å². The molecule has 2 aromatic heterocycles. The van der Waals surface area contributed by atoms with E-state index in [0.717, 1.165) is 23.7 Å². The summed E-state index contributed by atoms with van der Waals surface area (Å²) in [5.41, 5.74) is -1.01. The van der Waals surface area contributed by atoms with Gasteiger partial charge in [0.05, 0.1) is 0 Å². The summed E-state index contributed by atoms with van der Waals surface area (Å²) in [6.45, 7) is 0.535. The number of sulfonamides is 1. The van der Waals surface area contributed by atoms with Crippen LogP contribution in [-0.2, 0) is 17.1 Å². The SMILES string of the molecule is CC(NS(=O)(=O)c1cn(C)c(C(=O)Nc2cc(F)nc(Cl)c2)c1F)C(F)(F)F. The van der Waals surface area contributed by atoms with Crippen molar-refractivity contribution >= 4 is 33.2 Å². The molecule has 0 spiro atoms. The smallest absolute Gasteiger partial charge is 0.343 e. The van der Waals surface area contributed by atoms with Crippen molar-refractivity contribution in [3.8, 4) is 0 Å². The van der Waals surface area contributed by atoms with Gasteiger partial charge in [0.2, 0.25) is 16.0 Å². The van der Waals surface area contributed by atoms with Gasteiger partial charge in [0.1, 0.15) is 21.8 Å². The monoisotopic (exact) mass is 446 g/mol. The van der Waals surface area contributed by atoms with E-state index in [-0.39, 0.29) is 10.8 Å². The van der Waals surface area contributed by atoms with Gasteiger partial charge < -0.3 is 9.88 Å². The predicted molar refractivity (Wildman–Crippen MR) is 88.4 cm³/mol. The van der Waals surface area contributed by atoms with Crippen LogP contribution in [0.1, 0.15) is 17.4 Å². The molecule has 0 aromatic carbocycles. The first-order valence-corrected chi connectivity index (χ1v) is 9.17. The van der Waals surface area contributed by atoms with Crippen LogP contribution >= 0.6 is 11.6 Å². The van der Waals surface area contributed by atoms with Crippen LogP contribution in [0.25, 0.3) is 0 Å². The van der Waals surface area contributed by atoms with Crippen molar-refractivity contribution in [2.75, 3.05) is 5.32 Å². The molecular formula is C14H12ClF5N4O3S. The summed E-state index contributed by atoms with van der Waals surface area (Å²) in [7, 11) is -3.83. The summed E-state index contributed by atoms with van der Waals surface area (Å²) in [6.07, 6.45) is -4.26. The molecule has 0 aliphatic carbocycles. The Morgan fingerprint density at radius 2 is 1.89 bits per heavy atom. The summed E-state index contributed by atoms with van der Waals surface area (Å²) in [5.74, 6) is -3.81. The van der Waals surface area contributed by atoms with Gasteiger partial charge in [-0.2, -0.15) is 22.3 Å². The van der Waals surface area contributed by atoms with Crippen LogP contribution in [0.4, 0.5) is 27.6 Å². The van der Waals surface area contributed by atoms with E-state index in [4.69, 9.17) is 11.6 Å². The van der Waals surface area contributed by atoms with Gasteiger partial charge in [0.25, 0.3) is 5.91 Å². The molecule has 1 atom stereocenters. The van der Waals surface area contributed by atoms with Crippen LogP contribution in [0.3, 0.4) is 0 Å². The normalized spacial score (nSPS) is 13.4. The van der Waals surface area contributed by atoms with Crippen molar-refractivity contribution in [3.05, 3.63) is 40.9 Å². The number of nitrogens with one attached hydrogen (secondary N) is 2. The van der Waals surface area contributed by atoms with Gasteiger partial charge >= 0.3 is 6.18 Å². The minimum absolute atomic E-state index is 0.198. The Balaban J connectivity index is 2.36. The first kappa shape index (κ1) is 22.0. The maximum absolute atomic E-state index is 14.6. The summed E-state index contributed by atoms with van der Waals surface area (Å²) in [4.78, 5) is 14.3. The second kappa shape index (κ2) is 7.64. The number of amides is 1. The van der Waals surface area contributed by atoms with Crippen LogP contribution in [0.15, 0.2) is 23.2 Å². The Labute approximate surface area is 160 Å². The fourth-order valence-corrected chi connectivity index (χ4v) is 3.66. The Bertz CT molecular complexity index is 1000. The van der Waals surface area contributed by atoms with Crippen LogP contribution in [0, 0.1) is 11.8 Å². The molecular weight excluding hydrogens is 435 g/mol. The van der Waals surface area contributed by atoms with Crippen LogP contribution in [0.5, 0.6) is 0 Å². The molecule has 0 saturated carbocycles. The lowest BCUT2D eigenvalue weighted by Gasteiger charge is -2.16. The highest BCUT2D eigenvalue weighted by atomic mass is 35.5. The van der Waals surface area contributed by atoms with Gasteiger partial charge in [-0.05, 0) is 13.0 Å². The average molecular weight is 447 g/mol. The Morgan fingerprint density at radius 1 is 1.29 bits per heavy atom. The summed E-state index contributed by atoms with van der Waals surface area (Å²) < 4.78 is 91.7. The average Bonchev–Trinajstić information content (AvgIpc) is 2.80.